The molecule has 9 heavy (non-hydrogen) atoms. The van der Waals surface area contributed by atoms with Gasteiger partial charge in [-0.05, 0) is 0 Å². The van der Waals surface area contributed by atoms with Crippen LogP contribution in [0.25, 0.3) is 0 Å². The Bertz CT molecular complexity index is 102. The molecule has 5 N–H and O–H groups in total. The third kappa shape index (κ3) is 335. The second-order valence-corrected chi connectivity index (χ2v) is 2.14. The van der Waals surface area contributed by atoms with Gasteiger partial charge in [-0.1, -0.05) is 6.08 Å². The van der Waals surface area contributed by atoms with Gasteiger partial charge >= 0.3 is 28.2 Å². The first kappa shape index (κ1) is 16.0. The molecule has 0 unspecified atom stereocenters. The van der Waals surface area contributed by atoms with E-state index in [-0.39, 0.29) is 12.8 Å². The van der Waals surface area contributed by atoms with Crippen LogP contribution in [0.2, 0.25) is 0 Å². The van der Waals surface area contributed by atoms with E-state index in [1.54, 1.807) is 0 Å². The van der Waals surface area contributed by atoms with Crippen LogP contribution < -0.4 is 9.91 Å². The molecule has 0 aromatic rings. The van der Waals surface area contributed by atoms with Gasteiger partial charge < -0.3 is 11.3 Å². The number of rotatable bonds is 1. The van der Waals surface area contributed by atoms with Gasteiger partial charge in [-0.3, -0.25) is 0 Å². The standard InChI is InChI=1S/C3H6O.H3N.3O.W/c1-2-3-4;;;;;/h2,4H,1,3H2;1H3;;;;/q;;;;-1;/p+1. The van der Waals surface area contributed by atoms with Crippen molar-refractivity contribution in [2.75, 3.05) is 6.61 Å². The van der Waals surface area contributed by atoms with Crippen molar-refractivity contribution in [3.05, 3.63) is 12.7 Å². The maximum absolute atomic E-state index is 8.61. The van der Waals surface area contributed by atoms with E-state index < -0.39 is 17.6 Å². The summed E-state index contributed by atoms with van der Waals surface area (Å²) in [6.45, 7) is 3.31. The fourth-order valence-corrected chi connectivity index (χ4v) is 0. The molecule has 0 saturated heterocycles. The predicted molar refractivity (Wildman–Crippen MR) is 24.6 cm³/mol. The van der Waals surface area contributed by atoms with Gasteiger partial charge in [0.05, 0.1) is 6.61 Å². The van der Waals surface area contributed by atoms with E-state index in [4.69, 9.17) is 15.7 Å². The Morgan fingerprint density at radius 1 is 1.67 bits per heavy atom. The molecule has 0 rings (SSSR count). The molecule has 0 aromatic heterocycles. The zero-order valence-corrected chi connectivity index (χ0v) is 8.01. The first-order valence-electron chi connectivity index (χ1n) is 1.63. The Balaban J connectivity index is -0.0000000720. The molecule has 0 aliphatic heterocycles. The number of quaternary nitrogens is 1. The average Bonchev–Trinajstić information content (AvgIpc) is 1.65. The van der Waals surface area contributed by atoms with Crippen molar-refractivity contribution in [3.8, 4) is 0 Å². The summed E-state index contributed by atoms with van der Waals surface area (Å²) in [5, 5.41) is 7.76. The van der Waals surface area contributed by atoms with Crippen molar-refractivity contribution >= 4 is 0 Å². The zero-order chi connectivity index (χ0) is 6.99. The van der Waals surface area contributed by atoms with Crippen molar-refractivity contribution in [2.45, 2.75) is 0 Å². The molecule has 0 bridgehead atoms. The van der Waals surface area contributed by atoms with Gasteiger partial charge in [-0.25, -0.2) is 0 Å². The molecule has 0 aliphatic carbocycles. The Morgan fingerprint density at radius 3 is 1.78 bits per heavy atom. The topological polar surface area (TPSA) is 114 Å². The zero-order valence-electron chi connectivity index (χ0n) is 5.07. The van der Waals surface area contributed by atoms with Gasteiger partial charge in [0.2, 0.25) is 0 Å². The molecule has 0 amide bonds. The fraction of sp³-hybridized carbons (Fsp3) is 0.333. The fourth-order valence-electron chi connectivity index (χ4n) is 0. The summed E-state index contributed by atoms with van der Waals surface area (Å²) in [5.74, 6) is 0. The van der Waals surface area contributed by atoms with E-state index in [0.29, 0.717) is 0 Å². The summed E-state index contributed by atoms with van der Waals surface area (Å²) in [5.41, 5.74) is 0. The summed E-state index contributed by atoms with van der Waals surface area (Å²) < 4.78 is 25.8. The number of hydrogen-bond acceptors (Lipinski definition) is 4. The van der Waals surface area contributed by atoms with E-state index in [9.17, 15) is 0 Å². The Morgan fingerprint density at radius 2 is 1.78 bits per heavy atom. The molecular weight excluding hydrogens is 298 g/mol. The molecule has 5 nitrogen and oxygen atoms in total. The normalized spacial score (nSPS) is 5.56. The minimum atomic E-state index is -4.28. The SMILES string of the molecule is C=CCO.[NH4+].[O]=[W](=[O])[O-]. The third-order valence-corrected chi connectivity index (χ3v) is 0.129. The first-order valence-corrected chi connectivity index (χ1v) is 5.23. The van der Waals surface area contributed by atoms with E-state index in [2.05, 4.69) is 6.58 Å². The van der Waals surface area contributed by atoms with Crippen LogP contribution in [0.15, 0.2) is 12.7 Å². The van der Waals surface area contributed by atoms with E-state index >= 15 is 0 Å². The number of aliphatic hydroxyl groups excluding tert-OH is 1. The van der Waals surface area contributed by atoms with Crippen LogP contribution in [0, 0.1) is 0 Å². The summed E-state index contributed by atoms with van der Waals surface area (Å²) in [6, 6.07) is 0. The molecule has 0 heterocycles. The van der Waals surface area contributed by atoms with Crippen LogP contribution in [0.4, 0.5) is 0 Å². The molecule has 6 heteroatoms. The van der Waals surface area contributed by atoms with Crippen LogP contribution in [-0.2, 0) is 24.4 Å². The van der Waals surface area contributed by atoms with Crippen molar-refractivity contribution in [2.24, 2.45) is 0 Å². The quantitative estimate of drug-likeness (QED) is 0.612. The molecule has 0 saturated carbocycles. The van der Waals surface area contributed by atoms with Crippen molar-refractivity contribution in [3.63, 3.8) is 0 Å². The molecular formula is C3H10NO4W. The summed E-state index contributed by atoms with van der Waals surface area (Å²) >= 11 is -4.28. The van der Waals surface area contributed by atoms with Crippen LogP contribution in [-0.4, -0.2) is 11.7 Å². The Labute approximate surface area is 59.2 Å². The van der Waals surface area contributed by atoms with Crippen molar-refractivity contribution in [1.29, 1.82) is 0 Å². The predicted octanol–water partition coefficient (Wildman–Crippen LogP) is -0.888. The second kappa shape index (κ2) is 15.7. The molecule has 57 valence electrons. The van der Waals surface area contributed by atoms with Gasteiger partial charge in [-0.15, -0.1) is 6.58 Å². The van der Waals surface area contributed by atoms with Crippen molar-refractivity contribution < 1.29 is 33.3 Å². The van der Waals surface area contributed by atoms with Gasteiger partial charge in [0.1, 0.15) is 0 Å². The van der Waals surface area contributed by atoms with Crippen LogP contribution >= 0.6 is 0 Å². The summed E-state index contributed by atoms with van der Waals surface area (Å²) in [7, 11) is 0. The van der Waals surface area contributed by atoms with Crippen molar-refractivity contribution in [1.82, 2.24) is 6.15 Å². The molecule has 0 aromatic carbocycles. The minimum absolute atomic E-state index is 0. The van der Waals surface area contributed by atoms with E-state index in [1.165, 1.54) is 6.08 Å². The second-order valence-electron chi connectivity index (χ2n) is 0.675. The Hall–Kier alpha value is -0.0917. The summed E-state index contributed by atoms with van der Waals surface area (Å²) in [6.07, 6.45) is 1.43. The van der Waals surface area contributed by atoms with Gasteiger partial charge in [0, 0.05) is 0 Å². The van der Waals surface area contributed by atoms with Gasteiger partial charge in [-0.2, -0.15) is 0 Å². The average molecular weight is 308 g/mol. The third-order valence-electron chi connectivity index (χ3n) is 0.129. The maximum atomic E-state index is 8.61. The Kier molecular flexibility index (Phi) is 27.8. The molecule has 0 spiro atoms. The summed E-state index contributed by atoms with van der Waals surface area (Å²) in [4.78, 5) is 0. The monoisotopic (exact) mass is 308 g/mol. The van der Waals surface area contributed by atoms with Gasteiger partial charge in [0.15, 0.2) is 0 Å². The molecule has 0 aliphatic rings. The molecule has 0 atom stereocenters. The van der Waals surface area contributed by atoms with E-state index in [1.807, 2.05) is 0 Å². The first-order chi connectivity index (χ1) is 3.65. The molecule has 0 radical (unpaired) electrons. The number of aliphatic hydroxyl groups is 1. The van der Waals surface area contributed by atoms with Crippen LogP contribution in [0.3, 0.4) is 0 Å². The van der Waals surface area contributed by atoms with Crippen LogP contribution in [0.5, 0.6) is 0 Å². The number of hydrogen-bond donors (Lipinski definition) is 2. The van der Waals surface area contributed by atoms with E-state index in [0.717, 1.165) is 0 Å². The van der Waals surface area contributed by atoms with Crippen LogP contribution in [0.1, 0.15) is 0 Å². The molecule has 0 fully saturated rings. The van der Waals surface area contributed by atoms with Gasteiger partial charge in [0.25, 0.3) is 0 Å².